The lowest BCUT2D eigenvalue weighted by Crippen LogP contribution is -2.35. The minimum absolute atomic E-state index is 0.660. The smallest absolute Gasteiger partial charge is 0.172 e. The van der Waals surface area contributed by atoms with Crippen molar-refractivity contribution in [2.24, 2.45) is 0 Å². The summed E-state index contributed by atoms with van der Waals surface area (Å²) in [7, 11) is 0. The molecule has 0 unspecified atom stereocenters. The first-order chi connectivity index (χ1) is 14.1. The van der Waals surface area contributed by atoms with Crippen molar-refractivity contribution in [1.82, 2.24) is 0 Å². The van der Waals surface area contributed by atoms with Gasteiger partial charge in [-0.25, -0.2) is 0 Å². The summed E-state index contributed by atoms with van der Waals surface area (Å²) < 4.78 is 5.82. The summed E-state index contributed by atoms with van der Waals surface area (Å²) in [5.74, 6) is 0. The molecule has 0 aliphatic carbocycles. The quantitative estimate of drug-likeness (QED) is 0.163. The highest BCUT2D eigenvalue weighted by molar-refractivity contribution is 14.1. The summed E-state index contributed by atoms with van der Waals surface area (Å²) in [4.78, 5) is 0. The summed E-state index contributed by atoms with van der Waals surface area (Å²) >= 11 is 4.92. The highest BCUT2D eigenvalue weighted by atomic mass is 127. The van der Waals surface area contributed by atoms with E-state index in [9.17, 15) is 0 Å². The number of benzene rings is 4. The Morgan fingerprint density at radius 3 is 0.793 bits per heavy atom. The first-order valence-electron chi connectivity index (χ1n) is 9.43. The third-order valence-corrected chi connectivity index (χ3v) is 7.79. The lowest BCUT2D eigenvalue weighted by molar-refractivity contribution is 0.00514. The van der Waals surface area contributed by atoms with Gasteiger partial charge in [0, 0.05) is 0 Å². The van der Waals surface area contributed by atoms with Crippen LogP contribution in [0.25, 0.3) is 0 Å². The predicted molar refractivity (Wildman–Crippen MR) is 136 cm³/mol. The van der Waals surface area contributed by atoms with E-state index >= 15 is 0 Å². The maximum atomic E-state index is 7.14. The standard InChI is InChI=1S/C26H20I2O/c27-25(21-13-5-1-6-14-21,22-15-7-2-8-16-22)29-26(28,23-17-9-3-10-18-23)24-19-11-4-12-20-24/h1-20H. The molecule has 144 valence electrons. The molecule has 29 heavy (non-hydrogen) atoms. The van der Waals surface area contributed by atoms with Crippen LogP contribution in [0.5, 0.6) is 0 Å². The SMILES string of the molecule is IC(OC(I)(c1ccccc1)c1ccccc1)(c1ccccc1)c1ccccc1. The van der Waals surface area contributed by atoms with Crippen molar-refractivity contribution in [2.45, 2.75) is 7.22 Å². The van der Waals surface area contributed by atoms with Crippen molar-refractivity contribution in [3.8, 4) is 0 Å². The molecule has 0 atom stereocenters. The van der Waals surface area contributed by atoms with Gasteiger partial charge in [-0.05, 0) is 67.4 Å². The highest BCUT2D eigenvalue weighted by Crippen LogP contribution is 2.51. The Kier molecular flexibility index (Phi) is 6.37. The van der Waals surface area contributed by atoms with E-state index in [1.165, 1.54) is 0 Å². The van der Waals surface area contributed by atoms with E-state index < -0.39 is 7.22 Å². The normalized spacial score (nSPS) is 11.9. The lowest BCUT2D eigenvalue weighted by atomic mass is 9.98. The van der Waals surface area contributed by atoms with Gasteiger partial charge in [-0.3, -0.25) is 0 Å². The van der Waals surface area contributed by atoms with Crippen LogP contribution < -0.4 is 0 Å². The molecule has 0 amide bonds. The van der Waals surface area contributed by atoms with Gasteiger partial charge in [0.25, 0.3) is 0 Å². The van der Waals surface area contributed by atoms with E-state index in [0.29, 0.717) is 0 Å². The van der Waals surface area contributed by atoms with Crippen LogP contribution in [-0.4, -0.2) is 0 Å². The summed E-state index contributed by atoms with van der Waals surface area (Å²) in [6.07, 6.45) is 0. The minimum atomic E-state index is -0.660. The molecule has 4 aromatic rings. The molecule has 4 rings (SSSR count). The van der Waals surface area contributed by atoms with Crippen LogP contribution in [0.4, 0.5) is 0 Å². The number of hydrogen-bond acceptors (Lipinski definition) is 1. The third-order valence-electron chi connectivity index (χ3n) is 4.86. The van der Waals surface area contributed by atoms with Crippen LogP contribution in [0.2, 0.25) is 0 Å². The Hall–Kier alpha value is -1.70. The third kappa shape index (κ3) is 4.27. The zero-order valence-electron chi connectivity index (χ0n) is 15.7. The van der Waals surface area contributed by atoms with E-state index in [1.54, 1.807) is 0 Å². The zero-order chi connectivity index (χ0) is 20.2. The monoisotopic (exact) mass is 602 g/mol. The molecular formula is C26H20I2O. The van der Waals surface area contributed by atoms with E-state index in [4.69, 9.17) is 4.74 Å². The molecule has 0 aromatic heterocycles. The van der Waals surface area contributed by atoms with Crippen LogP contribution in [0.3, 0.4) is 0 Å². The molecule has 0 bridgehead atoms. The highest BCUT2D eigenvalue weighted by Gasteiger charge is 2.43. The van der Waals surface area contributed by atoms with Gasteiger partial charge in [0.05, 0.1) is 0 Å². The van der Waals surface area contributed by atoms with Gasteiger partial charge in [-0.15, -0.1) is 0 Å². The first-order valence-corrected chi connectivity index (χ1v) is 11.6. The van der Waals surface area contributed by atoms with Gasteiger partial charge < -0.3 is 4.74 Å². The van der Waals surface area contributed by atoms with Crippen LogP contribution >= 0.6 is 45.2 Å². The van der Waals surface area contributed by atoms with Crippen molar-refractivity contribution in [3.63, 3.8) is 0 Å². The van der Waals surface area contributed by atoms with Crippen LogP contribution in [-0.2, 0) is 12.0 Å². The van der Waals surface area contributed by atoms with Crippen molar-refractivity contribution >= 4 is 45.2 Å². The molecule has 3 heteroatoms. The Morgan fingerprint density at radius 1 is 0.379 bits per heavy atom. The number of rotatable bonds is 6. The minimum Gasteiger partial charge on any atom is -0.330 e. The molecule has 0 saturated carbocycles. The van der Waals surface area contributed by atoms with Crippen molar-refractivity contribution in [2.75, 3.05) is 0 Å². The molecule has 1 nitrogen and oxygen atoms in total. The second-order valence-corrected chi connectivity index (χ2v) is 9.79. The van der Waals surface area contributed by atoms with Crippen LogP contribution in [0.15, 0.2) is 121 Å². The number of alkyl halides is 2. The van der Waals surface area contributed by atoms with Gasteiger partial charge in [0.1, 0.15) is 0 Å². The number of halogens is 2. The van der Waals surface area contributed by atoms with E-state index in [1.807, 2.05) is 24.3 Å². The van der Waals surface area contributed by atoms with Gasteiger partial charge in [-0.2, -0.15) is 0 Å². The number of hydrogen-bond donors (Lipinski definition) is 0. The largest absolute Gasteiger partial charge is 0.330 e. The fraction of sp³-hybridized carbons (Fsp3) is 0.0769. The molecule has 0 heterocycles. The molecular weight excluding hydrogens is 582 g/mol. The lowest BCUT2D eigenvalue weighted by Gasteiger charge is -2.39. The maximum Gasteiger partial charge on any atom is 0.172 e. The Labute approximate surface area is 199 Å². The van der Waals surface area contributed by atoms with Crippen LogP contribution in [0, 0.1) is 0 Å². The predicted octanol–water partition coefficient (Wildman–Crippen LogP) is 7.68. The van der Waals surface area contributed by atoms with Crippen molar-refractivity contribution < 1.29 is 4.74 Å². The number of ether oxygens (including phenoxy) is 1. The Morgan fingerprint density at radius 2 is 0.586 bits per heavy atom. The molecule has 0 saturated heterocycles. The van der Waals surface area contributed by atoms with Gasteiger partial charge in [-0.1, -0.05) is 121 Å². The molecule has 0 N–H and O–H groups in total. The summed E-state index contributed by atoms with van der Waals surface area (Å²) in [5, 5.41) is 0. The van der Waals surface area contributed by atoms with Crippen molar-refractivity contribution in [1.29, 1.82) is 0 Å². The summed E-state index contributed by atoms with van der Waals surface area (Å²) in [6, 6.07) is 41.7. The molecule has 0 fully saturated rings. The topological polar surface area (TPSA) is 9.23 Å². The Balaban J connectivity index is 1.91. The molecule has 0 spiro atoms. The molecule has 0 aliphatic heterocycles. The second-order valence-electron chi connectivity index (χ2n) is 6.76. The van der Waals surface area contributed by atoms with Gasteiger partial charge >= 0.3 is 0 Å². The van der Waals surface area contributed by atoms with E-state index in [-0.39, 0.29) is 0 Å². The average Bonchev–Trinajstić information content (AvgIpc) is 2.81. The van der Waals surface area contributed by atoms with E-state index in [2.05, 4.69) is 142 Å². The van der Waals surface area contributed by atoms with Crippen LogP contribution in [0.1, 0.15) is 22.3 Å². The zero-order valence-corrected chi connectivity index (χ0v) is 20.0. The maximum absolute atomic E-state index is 7.14. The summed E-state index contributed by atoms with van der Waals surface area (Å²) in [5.41, 5.74) is 4.44. The molecule has 4 aromatic carbocycles. The fourth-order valence-corrected chi connectivity index (χ4v) is 5.89. The van der Waals surface area contributed by atoms with Gasteiger partial charge in [0.2, 0.25) is 0 Å². The second kappa shape index (κ2) is 8.98. The Bertz CT molecular complexity index is 869. The first kappa shape index (κ1) is 20.6. The molecule has 0 aliphatic rings. The molecule has 0 radical (unpaired) electrons. The van der Waals surface area contributed by atoms with Crippen molar-refractivity contribution in [3.05, 3.63) is 144 Å². The van der Waals surface area contributed by atoms with Gasteiger partial charge in [0.15, 0.2) is 7.22 Å². The summed E-state index contributed by atoms with van der Waals surface area (Å²) in [6.45, 7) is 0. The fourth-order valence-electron chi connectivity index (χ4n) is 3.37. The average molecular weight is 602 g/mol. The van der Waals surface area contributed by atoms with E-state index in [0.717, 1.165) is 22.3 Å².